The van der Waals surface area contributed by atoms with Crippen LogP contribution in [0.4, 0.5) is 0 Å². The molecule has 0 aromatic rings. The van der Waals surface area contributed by atoms with E-state index in [2.05, 4.69) is 43.1 Å². The number of nitrogens with two attached hydrogens (primary N) is 1. The molecule has 1 amide bonds. The highest BCUT2D eigenvalue weighted by Gasteiger charge is 2.42. The fourth-order valence-electron chi connectivity index (χ4n) is 3.90. The molecule has 0 radical (unpaired) electrons. The maximum atomic E-state index is 12.0. The van der Waals surface area contributed by atoms with Gasteiger partial charge in [-0.3, -0.25) is 9.69 Å². The lowest BCUT2D eigenvalue weighted by atomic mass is 9.77. The van der Waals surface area contributed by atoms with Gasteiger partial charge in [0.2, 0.25) is 5.91 Å². The zero-order valence-electron chi connectivity index (χ0n) is 14.5. The first-order chi connectivity index (χ1) is 9.86. The van der Waals surface area contributed by atoms with Crippen LogP contribution in [0, 0.1) is 0 Å². The number of rotatable bonds is 8. The number of primary amides is 1. The van der Waals surface area contributed by atoms with Crippen LogP contribution in [0.25, 0.3) is 0 Å². The number of likely N-dealkylation sites (N-methyl/N-ethyl adjacent to an activating group) is 3. The summed E-state index contributed by atoms with van der Waals surface area (Å²) in [4.78, 5) is 16.8. The monoisotopic (exact) mass is 298 g/mol. The highest BCUT2D eigenvalue weighted by Crippen LogP contribution is 2.32. The van der Waals surface area contributed by atoms with Crippen molar-refractivity contribution in [3.8, 4) is 0 Å². The molecule has 1 rings (SSSR count). The molecule has 1 aliphatic rings. The van der Waals surface area contributed by atoms with Gasteiger partial charge in [0, 0.05) is 18.6 Å². The van der Waals surface area contributed by atoms with E-state index in [0.29, 0.717) is 12.1 Å². The van der Waals surface area contributed by atoms with Crippen LogP contribution < -0.4 is 11.1 Å². The molecular weight excluding hydrogens is 264 g/mol. The molecule has 1 aliphatic carbocycles. The van der Waals surface area contributed by atoms with Gasteiger partial charge in [-0.15, -0.1) is 0 Å². The summed E-state index contributed by atoms with van der Waals surface area (Å²) in [5, 5.41) is 3.37. The summed E-state index contributed by atoms with van der Waals surface area (Å²) in [6, 6.07) is 0.922. The quantitative estimate of drug-likeness (QED) is 0.703. The Labute approximate surface area is 130 Å². The van der Waals surface area contributed by atoms with Crippen LogP contribution in [0.3, 0.4) is 0 Å². The minimum atomic E-state index is -0.511. The molecule has 1 saturated carbocycles. The predicted molar refractivity (Wildman–Crippen MR) is 88.3 cm³/mol. The average molecular weight is 298 g/mol. The zero-order valence-corrected chi connectivity index (χ0v) is 14.5. The summed E-state index contributed by atoms with van der Waals surface area (Å²) in [5.41, 5.74) is 5.21. The molecule has 1 fully saturated rings. The maximum absolute atomic E-state index is 12.0. The molecule has 21 heavy (non-hydrogen) atoms. The number of nitrogens with zero attached hydrogens (tertiary/aromatic N) is 2. The number of carbonyl (C=O) groups excluding carboxylic acids is 1. The van der Waals surface area contributed by atoms with Crippen molar-refractivity contribution >= 4 is 5.91 Å². The third kappa shape index (κ3) is 4.66. The molecule has 0 aromatic carbocycles. The van der Waals surface area contributed by atoms with Gasteiger partial charge in [-0.1, -0.05) is 13.8 Å². The molecule has 3 N–H and O–H groups in total. The van der Waals surface area contributed by atoms with Gasteiger partial charge in [-0.25, -0.2) is 0 Å². The maximum Gasteiger partial charge on any atom is 0.237 e. The Morgan fingerprint density at radius 1 is 1.43 bits per heavy atom. The lowest BCUT2D eigenvalue weighted by molar-refractivity contribution is -0.127. The summed E-state index contributed by atoms with van der Waals surface area (Å²) in [5.74, 6) is -0.189. The van der Waals surface area contributed by atoms with Crippen molar-refractivity contribution in [1.29, 1.82) is 0 Å². The fourth-order valence-corrected chi connectivity index (χ4v) is 3.90. The smallest absolute Gasteiger partial charge is 0.237 e. The molecule has 0 aromatic heterocycles. The van der Waals surface area contributed by atoms with Crippen molar-refractivity contribution in [2.75, 3.05) is 33.7 Å². The van der Waals surface area contributed by atoms with Crippen LogP contribution in [-0.4, -0.2) is 67.1 Å². The van der Waals surface area contributed by atoms with E-state index in [-0.39, 0.29) is 5.91 Å². The second kappa shape index (κ2) is 8.11. The third-order valence-corrected chi connectivity index (χ3v) is 4.74. The van der Waals surface area contributed by atoms with E-state index in [9.17, 15) is 4.79 Å². The van der Waals surface area contributed by atoms with Crippen LogP contribution in [0.2, 0.25) is 0 Å². The van der Waals surface area contributed by atoms with E-state index in [4.69, 9.17) is 5.73 Å². The lowest BCUT2D eigenvalue weighted by Crippen LogP contribution is -2.61. The first-order valence-electron chi connectivity index (χ1n) is 8.31. The molecule has 5 nitrogen and oxygen atoms in total. The van der Waals surface area contributed by atoms with Crippen LogP contribution in [0.15, 0.2) is 0 Å². The third-order valence-electron chi connectivity index (χ3n) is 4.74. The van der Waals surface area contributed by atoms with Gasteiger partial charge in [0.15, 0.2) is 0 Å². The van der Waals surface area contributed by atoms with Gasteiger partial charge in [-0.05, 0) is 59.8 Å². The van der Waals surface area contributed by atoms with Gasteiger partial charge in [0.1, 0.15) is 0 Å². The summed E-state index contributed by atoms with van der Waals surface area (Å²) >= 11 is 0. The van der Waals surface area contributed by atoms with Gasteiger partial charge in [-0.2, -0.15) is 0 Å². The number of carbonyl (C=O) groups is 1. The second-order valence-corrected chi connectivity index (χ2v) is 6.67. The molecule has 5 heteroatoms. The Morgan fingerprint density at radius 3 is 2.57 bits per heavy atom. The summed E-state index contributed by atoms with van der Waals surface area (Å²) < 4.78 is 0. The number of nitrogens with one attached hydrogen (secondary N) is 1. The van der Waals surface area contributed by atoms with Crippen molar-refractivity contribution in [2.45, 2.75) is 64.1 Å². The molecular formula is C16H34N4O. The molecule has 0 heterocycles. The molecule has 0 spiro atoms. The summed E-state index contributed by atoms with van der Waals surface area (Å²) in [6.07, 6.45) is 3.92. The second-order valence-electron chi connectivity index (χ2n) is 6.67. The highest BCUT2D eigenvalue weighted by molar-refractivity contribution is 5.84. The van der Waals surface area contributed by atoms with Gasteiger partial charge < -0.3 is 16.0 Å². The van der Waals surface area contributed by atoms with E-state index >= 15 is 0 Å². The summed E-state index contributed by atoms with van der Waals surface area (Å²) in [7, 11) is 4.22. The van der Waals surface area contributed by atoms with E-state index < -0.39 is 5.54 Å². The number of amides is 1. The van der Waals surface area contributed by atoms with Crippen LogP contribution in [0.1, 0.15) is 46.5 Å². The minimum Gasteiger partial charge on any atom is -0.368 e. The average Bonchev–Trinajstić information content (AvgIpc) is 2.39. The largest absolute Gasteiger partial charge is 0.368 e. The fraction of sp³-hybridized carbons (Fsp3) is 0.938. The van der Waals surface area contributed by atoms with Crippen molar-refractivity contribution in [3.05, 3.63) is 0 Å². The molecule has 3 atom stereocenters. The highest BCUT2D eigenvalue weighted by atomic mass is 16.1. The lowest BCUT2D eigenvalue weighted by Gasteiger charge is -2.45. The SMILES string of the molecule is CCNC1(C(N)=O)CCCC(N(CC)C(C)CN(C)C)C1. The Bertz CT molecular complexity index is 330. The molecule has 0 saturated heterocycles. The van der Waals surface area contributed by atoms with E-state index in [1.54, 1.807) is 0 Å². The van der Waals surface area contributed by atoms with Crippen LogP contribution in [-0.2, 0) is 4.79 Å². The topological polar surface area (TPSA) is 61.6 Å². The van der Waals surface area contributed by atoms with Gasteiger partial charge >= 0.3 is 0 Å². The Balaban J connectivity index is 2.83. The number of hydrogen-bond donors (Lipinski definition) is 2. The Hall–Kier alpha value is -0.650. The van der Waals surface area contributed by atoms with Crippen LogP contribution >= 0.6 is 0 Å². The molecule has 0 aliphatic heterocycles. The van der Waals surface area contributed by atoms with Crippen LogP contribution in [0.5, 0.6) is 0 Å². The van der Waals surface area contributed by atoms with Crippen molar-refractivity contribution in [2.24, 2.45) is 5.73 Å². The van der Waals surface area contributed by atoms with Crippen molar-refractivity contribution < 1.29 is 4.79 Å². The Morgan fingerprint density at radius 2 is 2.10 bits per heavy atom. The van der Waals surface area contributed by atoms with Gasteiger partial charge in [0.05, 0.1) is 5.54 Å². The molecule has 124 valence electrons. The standard InChI is InChI=1S/C16H34N4O/c1-6-18-16(15(17)21)10-8-9-14(11-16)20(7-2)13(3)12-19(4)5/h13-14,18H,6-12H2,1-5H3,(H2,17,21). The predicted octanol–water partition coefficient (Wildman–Crippen LogP) is 1.03. The first-order valence-corrected chi connectivity index (χ1v) is 8.31. The van der Waals surface area contributed by atoms with Crippen molar-refractivity contribution in [1.82, 2.24) is 15.1 Å². The van der Waals surface area contributed by atoms with Gasteiger partial charge in [0.25, 0.3) is 0 Å². The van der Waals surface area contributed by atoms with E-state index in [1.807, 2.05) is 6.92 Å². The minimum absolute atomic E-state index is 0.189. The normalized spacial score (nSPS) is 28.0. The van der Waals surface area contributed by atoms with E-state index in [1.165, 1.54) is 0 Å². The Kier molecular flexibility index (Phi) is 7.10. The van der Waals surface area contributed by atoms with Crippen molar-refractivity contribution in [3.63, 3.8) is 0 Å². The van der Waals surface area contributed by atoms with E-state index in [0.717, 1.165) is 45.3 Å². The summed E-state index contributed by atoms with van der Waals surface area (Å²) in [6.45, 7) is 9.36. The molecule has 0 bridgehead atoms. The first kappa shape index (κ1) is 18.4. The zero-order chi connectivity index (χ0) is 16.0. The number of hydrogen-bond acceptors (Lipinski definition) is 4. The molecule has 3 unspecified atom stereocenters.